The highest BCUT2D eigenvalue weighted by molar-refractivity contribution is 6.31. The molecule has 0 aliphatic rings. The predicted octanol–water partition coefficient (Wildman–Crippen LogP) is 5.23. The molecule has 0 aromatic heterocycles. The molecule has 0 aliphatic heterocycles. The summed E-state index contributed by atoms with van der Waals surface area (Å²) in [5.41, 5.74) is 12.5. The summed E-state index contributed by atoms with van der Waals surface area (Å²) in [4.78, 5) is 4.19. The number of anilines is 3. The Morgan fingerprint density at radius 1 is 0.704 bits per heavy atom. The monoisotopic (exact) mass is 379 g/mol. The minimum Gasteiger partial charge on any atom is -0.399 e. The third-order valence-electron chi connectivity index (χ3n) is 4.82. The molecule has 140 valence electrons. The van der Waals surface area contributed by atoms with E-state index in [0.29, 0.717) is 5.69 Å². The predicted molar refractivity (Wildman–Crippen MR) is 118 cm³/mol. The minimum absolute atomic E-state index is 0.0217. The third-order valence-corrected chi connectivity index (χ3v) is 5.16. The molecule has 3 nitrogen and oxygen atoms in total. The van der Waals surface area contributed by atoms with Crippen LogP contribution in [0.3, 0.4) is 0 Å². The molecule has 3 aromatic carbocycles. The van der Waals surface area contributed by atoms with Crippen molar-refractivity contribution in [1.29, 1.82) is 0 Å². The van der Waals surface area contributed by atoms with Gasteiger partial charge in [0, 0.05) is 56.2 Å². The van der Waals surface area contributed by atoms with Crippen molar-refractivity contribution in [2.24, 2.45) is 0 Å². The number of nitrogen functional groups attached to an aromatic ring is 1. The Hall–Kier alpha value is -2.65. The summed E-state index contributed by atoms with van der Waals surface area (Å²) in [6, 6.07) is 22.9. The Kier molecular flexibility index (Phi) is 5.62. The molecule has 2 N–H and O–H groups in total. The topological polar surface area (TPSA) is 32.5 Å². The first kappa shape index (κ1) is 19.1. The fourth-order valence-corrected chi connectivity index (χ4v) is 3.49. The van der Waals surface area contributed by atoms with Crippen molar-refractivity contribution < 1.29 is 0 Å². The summed E-state index contributed by atoms with van der Waals surface area (Å²) >= 11 is 6.58. The summed E-state index contributed by atoms with van der Waals surface area (Å²) < 4.78 is 0. The van der Waals surface area contributed by atoms with Crippen LogP contribution >= 0.6 is 11.6 Å². The fourth-order valence-electron chi connectivity index (χ4n) is 3.26. The molecule has 0 fully saturated rings. The number of nitrogens with two attached hydrogens (primary N) is 1. The Morgan fingerprint density at radius 3 is 1.56 bits per heavy atom. The molecule has 0 saturated carbocycles. The number of nitrogens with zero attached hydrogens (tertiary/aromatic N) is 2. The van der Waals surface area contributed by atoms with Crippen LogP contribution in [0.2, 0.25) is 5.02 Å². The largest absolute Gasteiger partial charge is 0.399 e. The summed E-state index contributed by atoms with van der Waals surface area (Å²) in [5, 5.41) is 0.725. The first-order valence-electron chi connectivity index (χ1n) is 8.96. The number of hydrogen-bond acceptors (Lipinski definition) is 3. The van der Waals surface area contributed by atoms with Gasteiger partial charge in [0.15, 0.2) is 0 Å². The SMILES string of the molecule is CN(C)c1ccc(C(c2ccc(N(C)C)cc2)c2cc(N)ccc2Cl)cc1. The van der Waals surface area contributed by atoms with E-state index in [1.807, 2.05) is 46.4 Å². The zero-order valence-corrected chi connectivity index (χ0v) is 17.0. The average Bonchev–Trinajstić information content (AvgIpc) is 2.65. The van der Waals surface area contributed by atoms with E-state index in [9.17, 15) is 0 Å². The maximum Gasteiger partial charge on any atom is 0.0449 e. The lowest BCUT2D eigenvalue weighted by Crippen LogP contribution is -2.10. The molecule has 0 heterocycles. The van der Waals surface area contributed by atoms with Crippen LogP contribution in [-0.4, -0.2) is 28.2 Å². The van der Waals surface area contributed by atoms with Crippen molar-refractivity contribution in [2.75, 3.05) is 43.7 Å². The van der Waals surface area contributed by atoms with Gasteiger partial charge in [-0.2, -0.15) is 0 Å². The lowest BCUT2D eigenvalue weighted by molar-refractivity contribution is 0.974. The maximum atomic E-state index is 6.58. The van der Waals surface area contributed by atoms with Crippen LogP contribution in [0, 0.1) is 0 Å². The molecule has 0 bridgehead atoms. The molecule has 0 saturated heterocycles. The van der Waals surface area contributed by atoms with Gasteiger partial charge in [0.1, 0.15) is 0 Å². The van der Waals surface area contributed by atoms with Crippen LogP contribution in [0.1, 0.15) is 22.6 Å². The lowest BCUT2D eigenvalue weighted by Gasteiger charge is -2.22. The zero-order chi connectivity index (χ0) is 19.6. The van der Waals surface area contributed by atoms with E-state index in [1.54, 1.807) is 0 Å². The molecular formula is C23H26ClN3. The standard InChI is InChI=1S/C23H26ClN3/c1-26(2)19-10-5-16(6-11-19)23(21-15-18(25)9-14-22(21)24)17-7-12-20(13-8-17)27(3)4/h5-15,23H,25H2,1-4H3. The zero-order valence-electron chi connectivity index (χ0n) is 16.3. The van der Waals surface area contributed by atoms with Gasteiger partial charge in [-0.3, -0.25) is 0 Å². The van der Waals surface area contributed by atoms with Crippen molar-refractivity contribution in [2.45, 2.75) is 5.92 Å². The molecule has 0 amide bonds. The van der Waals surface area contributed by atoms with Gasteiger partial charge in [-0.1, -0.05) is 35.9 Å². The first-order valence-corrected chi connectivity index (χ1v) is 9.34. The smallest absolute Gasteiger partial charge is 0.0449 e. The van der Waals surface area contributed by atoms with E-state index in [0.717, 1.165) is 10.6 Å². The van der Waals surface area contributed by atoms with Crippen molar-refractivity contribution in [3.05, 3.63) is 88.4 Å². The highest BCUT2D eigenvalue weighted by atomic mass is 35.5. The summed E-state index contributed by atoms with van der Waals surface area (Å²) in [6.07, 6.45) is 0. The average molecular weight is 380 g/mol. The molecule has 0 atom stereocenters. The lowest BCUT2D eigenvalue weighted by atomic mass is 9.84. The van der Waals surface area contributed by atoms with Crippen molar-refractivity contribution in [1.82, 2.24) is 0 Å². The van der Waals surface area contributed by atoms with Crippen LogP contribution in [0.4, 0.5) is 17.1 Å². The molecule has 0 unspecified atom stereocenters. The molecule has 4 heteroatoms. The van der Waals surface area contributed by atoms with Gasteiger partial charge in [0.25, 0.3) is 0 Å². The van der Waals surface area contributed by atoms with Gasteiger partial charge in [0.05, 0.1) is 0 Å². The van der Waals surface area contributed by atoms with Gasteiger partial charge < -0.3 is 15.5 Å². The Balaban J connectivity index is 2.12. The van der Waals surface area contributed by atoms with Crippen LogP contribution < -0.4 is 15.5 Å². The summed E-state index contributed by atoms with van der Waals surface area (Å²) in [7, 11) is 8.17. The van der Waals surface area contributed by atoms with Gasteiger partial charge in [0.2, 0.25) is 0 Å². The summed E-state index contributed by atoms with van der Waals surface area (Å²) in [5.74, 6) is 0.0217. The quantitative estimate of drug-likeness (QED) is 0.486. The van der Waals surface area contributed by atoms with Crippen molar-refractivity contribution >= 4 is 28.7 Å². The van der Waals surface area contributed by atoms with E-state index < -0.39 is 0 Å². The second kappa shape index (κ2) is 7.93. The second-order valence-electron chi connectivity index (χ2n) is 7.19. The van der Waals surface area contributed by atoms with Crippen molar-refractivity contribution in [3.8, 4) is 0 Å². The van der Waals surface area contributed by atoms with Crippen LogP contribution in [0.25, 0.3) is 0 Å². The minimum atomic E-state index is 0.0217. The van der Waals surface area contributed by atoms with Gasteiger partial charge in [-0.25, -0.2) is 0 Å². The fraction of sp³-hybridized carbons (Fsp3) is 0.217. The van der Waals surface area contributed by atoms with Gasteiger partial charge in [-0.05, 0) is 59.2 Å². The second-order valence-corrected chi connectivity index (χ2v) is 7.59. The molecule has 3 aromatic rings. The van der Waals surface area contributed by atoms with Crippen molar-refractivity contribution in [3.63, 3.8) is 0 Å². The maximum absolute atomic E-state index is 6.58. The number of rotatable bonds is 5. The summed E-state index contributed by atoms with van der Waals surface area (Å²) in [6.45, 7) is 0. The molecule has 3 rings (SSSR count). The highest BCUT2D eigenvalue weighted by Gasteiger charge is 2.20. The van der Waals surface area contributed by atoms with E-state index in [-0.39, 0.29) is 5.92 Å². The van der Waals surface area contributed by atoms with E-state index in [2.05, 4.69) is 58.3 Å². The number of halogens is 1. The number of benzene rings is 3. The molecule has 0 spiro atoms. The van der Waals surface area contributed by atoms with E-state index >= 15 is 0 Å². The number of hydrogen-bond donors (Lipinski definition) is 1. The van der Waals surface area contributed by atoms with Gasteiger partial charge >= 0.3 is 0 Å². The Morgan fingerprint density at radius 2 is 1.15 bits per heavy atom. The molecular weight excluding hydrogens is 354 g/mol. The van der Waals surface area contributed by atoms with Gasteiger partial charge in [-0.15, -0.1) is 0 Å². The molecule has 0 aliphatic carbocycles. The van der Waals surface area contributed by atoms with Crippen LogP contribution in [0.5, 0.6) is 0 Å². The Bertz CT molecular complexity index is 848. The van der Waals surface area contributed by atoms with Crippen LogP contribution in [-0.2, 0) is 0 Å². The van der Waals surface area contributed by atoms with E-state index in [4.69, 9.17) is 17.3 Å². The third kappa shape index (κ3) is 4.20. The highest BCUT2D eigenvalue weighted by Crippen LogP contribution is 2.38. The Labute approximate surface area is 167 Å². The van der Waals surface area contributed by atoms with E-state index in [1.165, 1.54) is 22.5 Å². The van der Waals surface area contributed by atoms with Crippen LogP contribution in [0.15, 0.2) is 66.7 Å². The first-order chi connectivity index (χ1) is 12.9. The molecule has 27 heavy (non-hydrogen) atoms. The normalized spacial score (nSPS) is 10.9. The molecule has 0 radical (unpaired) electrons.